The van der Waals surface area contributed by atoms with Crippen LogP contribution in [0.25, 0.3) is 0 Å². The Labute approximate surface area is 150 Å². The molecule has 0 N–H and O–H groups in total. The van der Waals surface area contributed by atoms with Crippen molar-refractivity contribution in [3.63, 3.8) is 0 Å². The lowest BCUT2D eigenvalue weighted by molar-refractivity contribution is 0.138. The average molecular weight is 337 g/mol. The zero-order valence-corrected chi connectivity index (χ0v) is 16.2. The Morgan fingerprint density at radius 1 is 0.875 bits per heavy atom. The predicted octanol–water partition coefficient (Wildman–Crippen LogP) is 8.02. The van der Waals surface area contributed by atoms with E-state index in [4.69, 9.17) is 0 Å². The molecule has 0 bridgehead atoms. The molecule has 0 aromatic carbocycles. The molecule has 0 aromatic heterocycles. The fourth-order valence-electron chi connectivity index (χ4n) is 5.22. The van der Waals surface area contributed by atoms with Gasteiger partial charge in [0.15, 0.2) is 0 Å². The first kappa shape index (κ1) is 20.0. The highest BCUT2D eigenvalue weighted by molar-refractivity contribution is 4.84. The van der Waals surface area contributed by atoms with Crippen LogP contribution in [0, 0.1) is 17.3 Å². The van der Waals surface area contributed by atoms with Gasteiger partial charge in [0.25, 0.3) is 0 Å². The molecule has 24 heavy (non-hydrogen) atoms. The molecule has 2 saturated carbocycles. The zero-order valence-electron chi connectivity index (χ0n) is 16.2. The minimum Gasteiger partial charge on any atom is -0.251 e. The highest BCUT2D eigenvalue weighted by Crippen LogP contribution is 2.45. The van der Waals surface area contributed by atoms with Crippen LogP contribution < -0.4 is 0 Å². The van der Waals surface area contributed by atoms with Crippen molar-refractivity contribution in [3.05, 3.63) is 12.2 Å². The lowest BCUT2D eigenvalue weighted by Gasteiger charge is -2.38. The molecule has 2 aliphatic rings. The predicted molar refractivity (Wildman–Crippen MR) is 104 cm³/mol. The first-order valence-corrected chi connectivity index (χ1v) is 11.0. The lowest BCUT2D eigenvalue weighted by Crippen LogP contribution is -2.25. The molecule has 0 amide bonds. The molecule has 0 saturated heterocycles. The Morgan fingerprint density at radius 3 is 2.12 bits per heavy atom. The number of alkyl halides is 1. The molecule has 0 aliphatic heterocycles. The number of unbranched alkanes of at least 4 members (excludes halogenated alkanes) is 1. The Morgan fingerprint density at radius 2 is 1.50 bits per heavy atom. The van der Waals surface area contributed by atoms with Crippen LogP contribution in [0.2, 0.25) is 0 Å². The van der Waals surface area contributed by atoms with Crippen molar-refractivity contribution in [2.45, 2.75) is 110 Å². The molecule has 0 unspecified atom stereocenters. The second-order valence-electron chi connectivity index (χ2n) is 8.72. The Bertz CT molecular complexity index is 332. The molecule has 0 heterocycles. The van der Waals surface area contributed by atoms with Gasteiger partial charge in [0.1, 0.15) is 0 Å². The largest absolute Gasteiger partial charge is 0.251 e. The highest BCUT2D eigenvalue weighted by Gasteiger charge is 2.31. The number of hydrogen-bond donors (Lipinski definition) is 0. The van der Waals surface area contributed by atoms with Crippen molar-refractivity contribution in [3.8, 4) is 0 Å². The third kappa shape index (κ3) is 6.89. The van der Waals surface area contributed by atoms with E-state index in [9.17, 15) is 4.39 Å². The number of halogens is 1. The zero-order chi connectivity index (χ0) is 17.1. The van der Waals surface area contributed by atoms with E-state index in [1.54, 1.807) is 0 Å². The average Bonchev–Trinajstić information content (AvgIpc) is 2.64. The van der Waals surface area contributed by atoms with Gasteiger partial charge in [-0.05, 0) is 62.2 Å². The fraction of sp³-hybridized carbons (Fsp3) is 0.913. The van der Waals surface area contributed by atoms with Gasteiger partial charge in [-0.2, -0.15) is 0 Å². The van der Waals surface area contributed by atoms with Crippen LogP contribution in [0.3, 0.4) is 0 Å². The van der Waals surface area contributed by atoms with Crippen LogP contribution in [0.15, 0.2) is 12.2 Å². The van der Waals surface area contributed by atoms with E-state index < -0.39 is 0 Å². The molecule has 0 aromatic rings. The van der Waals surface area contributed by atoms with Gasteiger partial charge in [-0.15, -0.1) is 0 Å². The van der Waals surface area contributed by atoms with E-state index in [0.29, 0.717) is 6.42 Å². The van der Waals surface area contributed by atoms with Gasteiger partial charge in [0.05, 0.1) is 6.67 Å². The topological polar surface area (TPSA) is 0 Å². The van der Waals surface area contributed by atoms with Gasteiger partial charge in [0.2, 0.25) is 0 Å². The maximum atomic E-state index is 12.0. The van der Waals surface area contributed by atoms with E-state index >= 15 is 0 Å². The molecule has 2 rings (SSSR count). The first-order chi connectivity index (χ1) is 11.8. The van der Waals surface area contributed by atoms with Crippen LogP contribution in [0.4, 0.5) is 4.39 Å². The molecule has 1 heteroatoms. The second-order valence-corrected chi connectivity index (χ2v) is 8.72. The molecule has 2 aliphatic carbocycles. The molecule has 0 atom stereocenters. The molecular weight excluding hydrogens is 295 g/mol. The van der Waals surface area contributed by atoms with Crippen LogP contribution >= 0.6 is 0 Å². The van der Waals surface area contributed by atoms with Gasteiger partial charge < -0.3 is 0 Å². The van der Waals surface area contributed by atoms with E-state index in [1.807, 2.05) is 6.08 Å². The number of rotatable bonds is 10. The summed E-state index contributed by atoms with van der Waals surface area (Å²) >= 11 is 0. The summed E-state index contributed by atoms with van der Waals surface area (Å²) in [5.74, 6) is 2.00. The van der Waals surface area contributed by atoms with Crippen LogP contribution in [0.5, 0.6) is 0 Å². The Kier molecular flexibility index (Phi) is 9.43. The van der Waals surface area contributed by atoms with Crippen molar-refractivity contribution in [2.24, 2.45) is 17.3 Å². The summed E-state index contributed by atoms with van der Waals surface area (Å²) in [7, 11) is 0. The smallest absolute Gasteiger partial charge is 0.0928 e. The van der Waals surface area contributed by atoms with E-state index in [-0.39, 0.29) is 6.67 Å². The Balaban J connectivity index is 1.57. The summed E-state index contributed by atoms with van der Waals surface area (Å²) in [4.78, 5) is 0. The van der Waals surface area contributed by atoms with Crippen LogP contribution in [0.1, 0.15) is 110 Å². The van der Waals surface area contributed by atoms with Crippen LogP contribution in [-0.4, -0.2) is 6.67 Å². The van der Waals surface area contributed by atoms with Crippen molar-refractivity contribution in [2.75, 3.05) is 6.67 Å². The third-order valence-corrected chi connectivity index (χ3v) is 7.14. The summed E-state index contributed by atoms with van der Waals surface area (Å²) in [6.45, 7) is 2.23. The minimum atomic E-state index is -0.209. The van der Waals surface area contributed by atoms with Gasteiger partial charge in [-0.25, -0.2) is 0 Å². The standard InChI is InChI=1S/C23H41F/c1-2-23(17-8-6-9-18-23)19-16-22-14-12-21(13-15-22)11-7-4-3-5-10-20-24/h3,5,21-22H,2,4,6-20H2,1H3/b5-3+/t21-,22-. The third-order valence-electron chi connectivity index (χ3n) is 7.14. The maximum Gasteiger partial charge on any atom is 0.0928 e. The summed E-state index contributed by atoms with van der Waals surface area (Å²) in [6.07, 6.45) is 26.5. The maximum absolute atomic E-state index is 12.0. The van der Waals surface area contributed by atoms with Crippen molar-refractivity contribution >= 4 is 0 Å². The van der Waals surface area contributed by atoms with Gasteiger partial charge in [0, 0.05) is 0 Å². The quantitative estimate of drug-likeness (QED) is 0.280. The number of allylic oxidation sites excluding steroid dienone is 2. The minimum absolute atomic E-state index is 0.209. The molecule has 140 valence electrons. The Hall–Kier alpha value is -0.330. The highest BCUT2D eigenvalue weighted by atomic mass is 19.1. The second kappa shape index (κ2) is 11.3. The van der Waals surface area contributed by atoms with E-state index in [2.05, 4.69) is 13.0 Å². The van der Waals surface area contributed by atoms with Crippen molar-refractivity contribution in [1.29, 1.82) is 0 Å². The normalized spacial score (nSPS) is 27.6. The van der Waals surface area contributed by atoms with Gasteiger partial charge in [-0.1, -0.05) is 76.9 Å². The van der Waals surface area contributed by atoms with Gasteiger partial charge >= 0.3 is 0 Å². The summed E-state index contributed by atoms with van der Waals surface area (Å²) in [5, 5.41) is 0. The van der Waals surface area contributed by atoms with Crippen LogP contribution in [-0.2, 0) is 0 Å². The summed E-state index contributed by atoms with van der Waals surface area (Å²) in [6, 6.07) is 0. The first-order valence-electron chi connectivity index (χ1n) is 11.0. The molecule has 0 spiro atoms. The molecule has 0 radical (unpaired) electrons. The van der Waals surface area contributed by atoms with E-state index in [0.717, 1.165) is 23.7 Å². The molecule has 0 nitrogen and oxygen atoms in total. The summed E-state index contributed by atoms with van der Waals surface area (Å²) < 4.78 is 12.0. The van der Waals surface area contributed by atoms with Crippen molar-refractivity contribution < 1.29 is 4.39 Å². The molecular formula is C23H41F. The molecule has 2 fully saturated rings. The van der Waals surface area contributed by atoms with Crippen molar-refractivity contribution in [1.82, 2.24) is 0 Å². The fourth-order valence-corrected chi connectivity index (χ4v) is 5.22. The number of hydrogen-bond acceptors (Lipinski definition) is 0. The van der Waals surface area contributed by atoms with E-state index in [1.165, 1.54) is 89.9 Å². The monoisotopic (exact) mass is 336 g/mol. The lowest BCUT2D eigenvalue weighted by atomic mass is 9.67. The van der Waals surface area contributed by atoms with Gasteiger partial charge in [-0.3, -0.25) is 4.39 Å². The SMILES string of the molecule is CCC1(CC[C@H]2CC[C@H](CCC/C=C/CCF)CC2)CCCCC1. The summed E-state index contributed by atoms with van der Waals surface area (Å²) in [5.41, 5.74) is 0.723.